The average molecular weight is 500 g/mol. The molecule has 8 heteroatoms. The second-order valence-corrected chi connectivity index (χ2v) is 11.9. The van der Waals surface area contributed by atoms with E-state index in [9.17, 15) is 8.42 Å². The molecule has 0 N–H and O–H groups in total. The van der Waals surface area contributed by atoms with Crippen molar-refractivity contribution < 1.29 is 13.2 Å². The second-order valence-electron chi connectivity index (χ2n) is 9.14. The molecule has 1 saturated heterocycles. The topological polar surface area (TPSA) is 63.9 Å². The van der Waals surface area contributed by atoms with Crippen LogP contribution in [0, 0.1) is 11.8 Å². The fraction of sp³-hybridized carbons (Fsp3) is 0.423. The van der Waals surface area contributed by atoms with E-state index in [0.717, 1.165) is 41.1 Å². The molecular formula is C26H33N3O3S2. The quantitative estimate of drug-likeness (QED) is 0.403. The third-order valence-electron chi connectivity index (χ3n) is 6.11. The van der Waals surface area contributed by atoms with Crippen LogP contribution in [0.25, 0.3) is 11.3 Å². The van der Waals surface area contributed by atoms with Crippen molar-refractivity contribution >= 4 is 27.0 Å². The maximum absolute atomic E-state index is 13.5. The van der Waals surface area contributed by atoms with Gasteiger partial charge in [-0.15, -0.1) is 11.3 Å². The van der Waals surface area contributed by atoms with Crippen LogP contribution < -0.4 is 4.80 Å². The van der Waals surface area contributed by atoms with Gasteiger partial charge in [0.25, 0.3) is 0 Å². The van der Waals surface area contributed by atoms with Gasteiger partial charge in [0, 0.05) is 44.3 Å². The molecule has 2 atom stereocenters. The Balaban J connectivity index is 1.72. The molecule has 2 aromatic carbocycles. The number of ether oxygens (including phenoxy) is 1. The summed E-state index contributed by atoms with van der Waals surface area (Å²) in [5.74, 6) is 0.729. The highest BCUT2D eigenvalue weighted by molar-refractivity contribution is 7.89. The molecule has 0 saturated carbocycles. The van der Waals surface area contributed by atoms with Crippen LogP contribution in [-0.4, -0.2) is 44.1 Å². The highest BCUT2D eigenvalue weighted by Crippen LogP contribution is 2.29. The highest BCUT2D eigenvalue weighted by Gasteiger charge is 2.31. The lowest BCUT2D eigenvalue weighted by molar-refractivity contribution is 0.190. The summed E-state index contributed by atoms with van der Waals surface area (Å²) in [6.07, 6.45) is 1.90. The molecule has 1 aromatic heterocycles. The fourth-order valence-electron chi connectivity index (χ4n) is 4.61. The molecule has 1 aliphatic rings. The number of nitrogens with zero attached hydrogens (tertiary/aromatic N) is 3. The van der Waals surface area contributed by atoms with Gasteiger partial charge in [0.2, 0.25) is 10.0 Å². The van der Waals surface area contributed by atoms with Gasteiger partial charge in [-0.05, 0) is 48.9 Å². The van der Waals surface area contributed by atoms with E-state index in [4.69, 9.17) is 9.73 Å². The first-order chi connectivity index (χ1) is 16.4. The largest absolute Gasteiger partial charge is 0.385 e. The van der Waals surface area contributed by atoms with Crippen molar-refractivity contribution in [2.75, 3.05) is 26.8 Å². The Bertz CT molecular complexity index is 1260. The zero-order valence-electron chi connectivity index (χ0n) is 20.1. The van der Waals surface area contributed by atoms with E-state index in [1.807, 2.05) is 42.5 Å². The standard InChI is InChI=1S/C26H33N3O3S2/c1-20-15-21(2)18-28(17-20)34(30,31)24-12-7-9-22(16-24)25-19-33-26(29(25)13-8-14-32-3)27-23-10-5-4-6-11-23/h4-7,9-12,16,19-21H,8,13-15,17-18H2,1-3H3/t20-,21+. The van der Waals surface area contributed by atoms with Crippen LogP contribution in [-0.2, 0) is 21.3 Å². The fourth-order valence-corrected chi connectivity index (χ4v) is 7.29. The van der Waals surface area contributed by atoms with Crippen LogP contribution in [0.2, 0.25) is 0 Å². The summed E-state index contributed by atoms with van der Waals surface area (Å²) in [6.45, 7) is 6.78. The zero-order valence-corrected chi connectivity index (χ0v) is 21.7. The summed E-state index contributed by atoms with van der Waals surface area (Å²) in [5, 5.41) is 2.06. The summed E-state index contributed by atoms with van der Waals surface area (Å²) >= 11 is 1.56. The van der Waals surface area contributed by atoms with E-state index in [0.29, 0.717) is 36.4 Å². The van der Waals surface area contributed by atoms with Crippen molar-refractivity contribution in [3.8, 4) is 11.3 Å². The number of benzene rings is 2. The Morgan fingerprint density at radius 2 is 1.79 bits per heavy atom. The van der Waals surface area contributed by atoms with Gasteiger partial charge in [-0.2, -0.15) is 4.31 Å². The number of hydrogen-bond donors (Lipinski definition) is 0. The van der Waals surface area contributed by atoms with Gasteiger partial charge in [0.1, 0.15) is 0 Å². The summed E-state index contributed by atoms with van der Waals surface area (Å²) in [5.41, 5.74) is 2.73. The molecule has 6 nitrogen and oxygen atoms in total. The molecule has 3 aromatic rings. The molecule has 1 aliphatic heterocycles. The van der Waals surface area contributed by atoms with Crippen LogP contribution in [0.1, 0.15) is 26.7 Å². The van der Waals surface area contributed by atoms with Gasteiger partial charge >= 0.3 is 0 Å². The molecule has 0 spiro atoms. The lowest BCUT2D eigenvalue weighted by atomic mass is 9.94. The number of aromatic nitrogens is 1. The van der Waals surface area contributed by atoms with Crippen molar-refractivity contribution in [2.45, 2.75) is 38.1 Å². The van der Waals surface area contributed by atoms with Gasteiger partial charge in [0.15, 0.2) is 4.80 Å². The van der Waals surface area contributed by atoms with Crippen LogP contribution in [0.5, 0.6) is 0 Å². The van der Waals surface area contributed by atoms with Gasteiger partial charge in [0.05, 0.1) is 16.3 Å². The molecule has 0 unspecified atom stereocenters. The molecule has 182 valence electrons. The maximum atomic E-state index is 13.5. The third-order valence-corrected chi connectivity index (χ3v) is 8.80. The second kappa shape index (κ2) is 11.0. The maximum Gasteiger partial charge on any atom is 0.243 e. The molecule has 0 aliphatic carbocycles. The molecule has 0 amide bonds. The minimum absolute atomic E-state index is 0.350. The predicted molar refractivity (Wildman–Crippen MR) is 138 cm³/mol. The van der Waals surface area contributed by atoms with E-state index in [1.54, 1.807) is 34.9 Å². The Morgan fingerprint density at radius 3 is 2.50 bits per heavy atom. The van der Waals surface area contributed by atoms with E-state index >= 15 is 0 Å². The van der Waals surface area contributed by atoms with Crippen LogP contribution >= 0.6 is 11.3 Å². The van der Waals surface area contributed by atoms with Gasteiger partial charge in [-0.1, -0.05) is 44.2 Å². The van der Waals surface area contributed by atoms with Gasteiger partial charge in [-0.25, -0.2) is 13.4 Å². The Morgan fingerprint density at radius 1 is 1.06 bits per heavy atom. The lowest BCUT2D eigenvalue weighted by Crippen LogP contribution is -2.42. The number of methoxy groups -OCH3 is 1. The van der Waals surface area contributed by atoms with Crippen molar-refractivity contribution in [1.29, 1.82) is 0 Å². The first-order valence-corrected chi connectivity index (χ1v) is 14.1. The van der Waals surface area contributed by atoms with Crippen LogP contribution in [0.15, 0.2) is 69.9 Å². The van der Waals surface area contributed by atoms with Crippen molar-refractivity contribution in [1.82, 2.24) is 8.87 Å². The van der Waals surface area contributed by atoms with E-state index in [-0.39, 0.29) is 0 Å². The normalized spacial score (nSPS) is 20.0. The highest BCUT2D eigenvalue weighted by atomic mass is 32.2. The molecule has 4 rings (SSSR count). The number of para-hydroxylation sites is 1. The monoisotopic (exact) mass is 499 g/mol. The molecular weight excluding hydrogens is 466 g/mol. The minimum Gasteiger partial charge on any atom is -0.385 e. The Labute approximate surface area is 206 Å². The first kappa shape index (κ1) is 24.9. The SMILES string of the molecule is COCCCn1c(-c2cccc(S(=O)(=O)N3C[C@H](C)C[C@H](C)C3)c2)csc1=Nc1ccccc1. The van der Waals surface area contributed by atoms with Crippen molar-refractivity contribution in [3.05, 3.63) is 64.8 Å². The number of hydrogen-bond acceptors (Lipinski definition) is 5. The lowest BCUT2D eigenvalue weighted by Gasteiger charge is -2.34. The van der Waals surface area contributed by atoms with Crippen LogP contribution in [0.4, 0.5) is 5.69 Å². The van der Waals surface area contributed by atoms with Crippen LogP contribution in [0.3, 0.4) is 0 Å². The van der Waals surface area contributed by atoms with Crippen molar-refractivity contribution in [3.63, 3.8) is 0 Å². The predicted octanol–water partition coefficient (Wildman–Crippen LogP) is 5.15. The molecule has 34 heavy (non-hydrogen) atoms. The third kappa shape index (κ3) is 5.68. The van der Waals surface area contributed by atoms with Gasteiger partial charge in [-0.3, -0.25) is 0 Å². The number of piperidine rings is 1. The smallest absolute Gasteiger partial charge is 0.243 e. The van der Waals surface area contributed by atoms with Gasteiger partial charge < -0.3 is 9.30 Å². The summed E-state index contributed by atoms with van der Waals surface area (Å²) in [4.78, 5) is 6.07. The average Bonchev–Trinajstić information content (AvgIpc) is 3.21. The van der Waals surface area contributed by atoms with E-state index in [1.165, 1.54) is 0 Å². The Kier molecular flexibility index (Phi) is 8.03. The van der Waals surface area contributed by atoms with E-state index < -0.39 is 10.0 Å². The molecule has 2 heterocycles. The molecule has 0 bridgehead atoms. The summed E-state index contributed by atoms with van der Waals surface area (Å²) in [6, 6.07) is 17.2. The number of rotatable bonds is 8. The molecule has 0 radical (unpaired) electrons. The van der Waals surface area contributed by atoms with E-state index in [2.05, 4.69) is 23.8 Å². The minimum atomic E-state index is -3.55. The summed E-state index contributed by atoms with van der Waals surface area (Å²) in [7, 11) is -1.85. The van der Waals surface area contributed by atoms with Crippen molar-refractivity contribution in [2.24, 2.45) is 16.8 Å². The number of sulfonamides is 1. The first-order valence-electron chi connectivity index (χ1n) is 11.8. The summed E-state index contributed by atoms with van der Waals surface area (Å²) < 4.78 is 36.1. The molecule has 1 fully saturated rings. The Hall–Kier alpha value is -2.26. The zero-order chi connectivity index (χ0) is 24.1. The number of thiazole rings is 1.